The number of hydrogen-bond donors (Lipinski definition) is 0. The molecule has 0 saturated carbocycles. The molecule has 58 heavy (non-hydrogen) atoms. The van der Waals surface area contributed by atoms with E-state index in [4.69, 9.17) is 19.4 Å². The minimum absolute atomic E-state index is 0.134. The average molecular weight is 744 g/mol. The molecule has 11 rings (SSSR count). The van der Waals surface area contributed by atoms with Crippen molar-refractivity contribution in [3.05, 3.63) is 199 Å². The maximum Gasteiger partial charge on any atom is 0.164 e. The number of nitrogens with zero attached hydrogens (tertiary/aromatic N) is 3. The van der Waals surface area contributed by atoms with Gasteiger partial charge in [-0.15, -0.1) is 0 Å². The van der Waals surface area contributed by atoms with Crippen molar-refractivity contribution in [2.75, 3.05) is 0 Å². The Morgan fingerprint density at radius 3 is 1.64 bits per heavy atom. The fraction of sp³-hybridized carbons (Fsp3) is 0.0556. The van der Waals surface area contributed by atoms with Gasteiger partial charge in [-0.25, -0.2) is 15.0 Å². The Hall–Kier alpha value is -7.43. The van der Waals surface area contributed by atoms with Gasteiger partial charge in [0.1, 0.15) is 11.2 Å². The molecule has 0 atom stereocenters. The van der Waals surface area contributed by atoms with Crippen LogP contribution in [0, 0.1) is 0 Å². The van der Waals surface area contributed by atoms with E-state index in [1.54, 1.807) is 0 Å². The Balaban J connectivity index is 0.976. The number of aromatic nitrogens is 3. The van der Waals surface area contributed by atoms with Crippen molar-refractivity contribution in [1.82, 2.24) is 15.0 Å². The summed E-state index contributed by atoms with van der Waals surface area (Å²) in [5.74, 6) is 1.92. The maximum absolute atomic E-state index is 6.55. The molecule has 4 heteroatoms. The standard InChI is InChI=1S/C54H37N3O/c1-54(2)46-21-10-9-19-43(46)44-29-28-41(32-47(44)54)53-56-51(37-15-7-4-8-16-37)55-52(57-53)40-18-11-17-38(31-40)39-27-30-45-49(33-39)58-48-22-12-20-42(50(45)48)36-25-23-35(24-26-36)34-13-5-3-6-14-34/h3-33H,1-2H3. The van der Waals surface area contributed by atoms with Crippen LogP contribution < -0.4 is 0 Å². The molecule has 0 N–H and O–H groups in total. The van der Waals surface area contributed by atoms with E-state index in [1.807, 2.05) is 24.3 Å². The molecule has 0 amide bonds. The Bertz CT molecular complexity index is 3180. The normalized spacial score (nSPS) is 12.8. The van der Waals surface area contributed by atoms with E-state index in [1.165, 1.54) is 33.4 Å². The van der Waals surface area contributed by atoms with Crippen LogP contribution in [-0.4, -0.2) is 15.0 Å². The predicted molar refractivity (Wildman–Crippen MR) is 237 cm³/mol. The van der Waals surface area contributed by atoms with Gasteiger partial charge in [-0.3, -0.25) is 0 Å². The lowest BCUT2D eigenvalue weighted by Gasteiger charge is -2.21. The van der Waals surface area contributed by atoms with Crippen molar-refractivity contribution in [2.45, 2.75) is 19.3 Å². The van der Waals surface area contributed by atoms with Gasteiger partial charge in [0.05, 0.1) is 0 Å². The van der Waals surface area contributed by atoms with Gasteiger partial charge in [-0.2, -0.15) is 0 Å². The van der Waals surface area contributed by atoms with Crippen LogP contribution in [-0.2, 0) is 5.41 Å². The lowest BCUT2D eigenvalue weighted by Crippen LogP contribution is -2.15. The minimum atomic E-state index is -0.134. The number of hydrogen-bond acceptors (Lipinski definition) is 4. The summed E-state index contributed by atoms with van der Waals surface area (Å²) in [4.78, 5) is 15.3. The summed E-state index contributed by atoms with van der Waals surface area (Å²) in [5, 5.41) is 2.21. The van der Waals surface area contributed by atoms with Crippen molar-refractivity contribution in [3.8, 4) is 78.7 Å². The third kappa shape index (κ3) is 5.64. The second-order valence-electron chi connectivity index (χ2n) is 15.6. The van der Waals surface area contributed by atoms with Gasteiger partial charge in [0, 0.05) is 32.9 Å². The Morgan fingerprint density at radius 1 is 0.345 bits per heavy atom. The largest absolute Gasteiger partial charge is 0.456 e. The van der Waals surface area contributed by atoms with Crippen LogP contribution in [0.3, 0.4) is 0 Å². The second kappa shape index (κ2) is 13.4. The molecule has 10 aromatic rings. The molecule has 2 heterocycles. The summed E-state index contributed by atoms with van der Waals surface area (Å²) >= 11 is 0. The Labute approximate surface area is 337 Å². The third-order valence-electron chi connectivity index (χ3n) is 11.8. The molecule has 0 spiro atoms. The SMILES string of the molecule is CC1(C)c2ccccc2-c2ccc(-c3nc(-c4ccccc4)nc(-c4cccc(-c5ccc6c(c5)oc5cccc(-c7ccc(-c8ccccc8)cc7)c56)c4)n3)cc21. The van der Waals surface area contributed by atoms with Crippen LogP contribution in [0.1, 0.15) is 25.0 Å². The van der Waals surface area contributed by atoms with Crippen molar-refractivity contribution in [3.63, 3.8) is 0 Å². The van der Waals surface area contributed by atoms with Crippen LogP contribution in [0.4, 0.5) is 0 Å². The van der Waals surface area contributed by atoms with Crippen LogP contribution >= 0.6 is 0 Å². The van der Waals surface area contributed by atoms with Crippen molar-refractivity contribution in [2.24, 2.45) is 0 Å². The number of fused-ring (bicyclic) bond motifs is 6. The zero-order valence-corrected chi connectivity index (χ0v) is 32.1. The van der Waals surface area contributed by atoms with Crippen molar-refractivity contribution in [1.29, 1.82) is 0 Å². The van der Waals surface area contributed by atoms with Crippen LogP contribution in [0.15, 0.2) is 192 Å². The van der Waals surface area contributed by atoms with Crippen molar-refractivity contribution >= 4 is 21.9 Å². The monoisotopic (exact) mass is 743 g/mol. The lowest BCUT2D eigenvalue weighted by atomic mass is 9.82. The van der Waals surface area contributed by atoms with E-state index in [9.17, 15) is 0 Å². The summed E-state index contributed by atoms with van der Waals surface area (Å²) in [7, 11) is 0. The first kappa shape index (κ1) is 33.9. The molecule has 4 nitrogen and oxygen atoms in total. The highest BCUT2D eigenvalue weighted by atomic mass is 16.3. The Morgan fingerprint density at radius 2 is 0.862 bits per heavy atom. The average Bonchev–Trinajstić information content (AvgIpc) is 3.78. The van der Waals surface area contributed by atoms with Gasteiger partial charge in [0.2, 0.25) is 0 Å². The maximum atomic E-state index is 6.55. The summed E-state index contributed by atoms with van der Waals surface area (Å²) in [6.07, 6.45) is 0. The summed E-state index contributed by atoms with van der Waals surface area (Å²) in [6, 6.07) is 66.1. The van der Waals surface area contributed by atoms with Gasteiger partial charge in [-0.1, -0.05) is 172 Å². The quantitative estimate of drug-likeness (QED) is 0.170. The molecule has 0 aliphatic heterocycles. The first-order chi connectivity index (χ1) is 28.5. The fourth-order valence-electron chi connectivity index (χ4n) is 8.75. The fourth-order valence-corrected chi connectivity index (χ4v) is 8.75. The minimum Gasteiger partial charge on any atom is -0.456 e. The second-order valence-corrected chi connectivity index (χ2v) is 15.6. The van der Waals surface area contributed by atoms with E-state index in [2.05, 4.69) is 178 Å². The van der Waals surface area contributed by atoms with Gasteiger partial charge in [0.25, 0.3) is 0 Å². The summed E-state index contributed by atoms with van der Waals surface area (Å²) < 4.78 is 6.55. The molecule has 1 aliphatic carbocycles. The van der Waals surface area contributed by atoms with Crippen LogP contribution in [0.5, 0.6) is 0 Å². The topological polar surface area (TPSA) is 51.8 Å². The van der Waals surface area contributed by atoms with E-state index in [-0.39, 0.29) is 5.41 Å². The summed E-state index contributed by atoms with van der Waals surface area (Å²) in [6.45, 7) is 4.60. The zero-order chi connectivity index (χ0) is 38.8. The Kier molecular flexibility index (Phi) is 7.80. The molecule has 0 bridgehead atoms. The zero-order valence-electron chi connectivity index (χ0n) is 32.1. The number of furan rings is 1. The molecule has 0 fully saturated rings. The van der Waals surface area contributed by atoms with E-state index in [0.717, 1.165) is 60.9 Å². The molecule has 2 aromatic heterocycles. The van der Waals surface area contributed by atoms with Gasteiger partial charge in [0.15, 0.2) is 17.5 Å². The number of benzene rings is 8. The van der Waals surface area contributed by atoms with Crippen LogP contribution in [0.25, 0.3) is 101 Å². The lowest BCUT2D eigenvalue weighted by molar-refractivity contribution is 0.660. The molecule has 8 aromatic carbocycles. The molecular weight excluding hydrogens is 707 g/mol. The molecular formula is C54H37N3O. The van der Waals surface area contributed by atoms with Crippen molar-refractivity contribution < 1.29 is 4.42 Å². The molecule has 0 radical (unpaired) electrons. The van der Waals surface area contributed by atoms with E-state index < -0.39 is 0 Å². The van der Waals surface area contributed by atoms with E-state index >= 15 is 0 Å². The molecule has 1 aliphatic rings. The summed E-state index contributed by atoms with van der Waals surface area (Å²) in [5.41, 5.74) is 16.4. The van der Waals surface area contributed by atoms with Gasteiger partial charge in [-0.05, 0) is 86.0 Å². The van der Waals surface area contributed by atoms with Crippen LogP contribution in [0.2, 0.25) is 0 Å². The van der Waals surface area contributed by atoms with Gasteiger partial charge < -0.3 is 4.42 Å². The highest BCUT2D eigenvalue weighted by molar-refractivity contribution is 6.13. The third-order valence-corrected chi connectivity index (χ3v) is 11.8. The van der Waals surface area contributed by atoms with Gasteiger partial charge >= 0.3 is 0 Å². The first-order valence-corrected chi connectivity index (χ1v) is 19.8. The molecule has 0 unspecified atom stereocenters. The molecule has 0 saturated heterocycles. The number of rotatable bonds is 6. The predicted octanol–water partition coefficient (Wildman–Crippen LogP) is 14.1. The highest BCUT2D eigenvalue weighted by Crippen LogP contribution is 2.49. The smallest absolute Gasteiger partial charge is 0.164 e. The molecule has 274 valence electrons. The van der Waals surface area contributed by atoms with E-state index in [0.29, 0.717) is 17.5 Å². The first-order valence-electron chi connectivity index (χ1n) is 19.8. The highest BCUT2D eigenvalue weighted by Gasteiger charge is 2.35.